The summed E-state index contributed by atoms with van der Waals surface area (Å²) in [6, 6.07) is 4.12. The van der Waals surface area contributed by atoms with E-state index in [1.54, 1.807) is 0 Å². The van der Waals surface area contributed by atoms with Crippen LogP contribution in [-0.2, 0) is 6.42 Å². The molecule has 0 saturated heterocycles. The lowest BCUT2D eigenvalue weighted by molar-refractivity contribution is 0.478. The van der Waals surface area contributed by atoms with Gasteiger partial charge in [-0.2, -0.15) is 0 Å². The molecule has 0 fully saturated rings. The van der Waals surface area contributed by atoms with Crippen LogP contribution >= 0.6 is 0 Å². The van der Waals surface area contributed by atoms with Crippen LogP contribution in [0.15, 0.2) is 24.5 Å². The summed E-state index contributed by atoms with van der Waals surface area (Å²) < 4.78 is 0. The lowest BCUT2D eigenvalue weighted by Gasteiger charge is -2.10. The van der Waals surface area contributed by atoms with Crippen molar-refractivity contribution >= 4 is 0 Å². The van der Waals surface area contributed by atoms with Crippen LogP contribution in [0, 0.1) is 5.92 Å². The Labute approximate surface area is 93.1 Å². The highest BCUT2D eigenvalue weighted by Gasteiger charge is 1.99. The highest BCUT2D eigenvalue weighted by molar-refractivity contribution is 5.08. The number of rotatable bonds is 7. The van der Waals surface area contributed by atoms with Gasteiger partial charge in [-0.1, -0.05) is 26.3 Å². The molecule has 0 aromatic carbocycles. The van der Waals surface area contributed by atoms with Crippen LogP contribution in [0.4, 0.5) is 0 Å². The summed E-state index contributed by atoms with van der Waals surface area (Å²) in [7, 11) is 0. The molecule has 0 bridgehead atoms. The first kappa shape index (κ1) is 12.2. The van der Waals surface area contributed by atoms with Gasteiger partial charge in [0, 0.05) is 12.4 Å². The molecular formula is C13H22N2. The zero-order valence-electron chi connectivity index (χ0n) is 9.87. The van der Waals surface area contributed by atoms with Crippen LogP contribution in [0.1, 0.15) is 32.3 Å². The van der Waals surface area contributed by atoms with Gasteiger partial charge in [0.15, 0.2) is 0 Å². The van der Waals surface area contributed by atoms with Crippen molar-refractivity contribution < 1.29 is 0 Å². The Morgan fingerprint density at radius 3 is 3.00 bits per heavy atom. The van der Waals surface area contributed by atoms with E-state index >= 15 is 0 Å². The van der Waals surface area contributed by atoms with E-state index in [1.807, 2.05) is 18.5 Å². The highest BCUT2D eigenvalue weighted by Crippen LogP contribution is 2.02. The lowest BCUT2D eigenvalue weighted by atomic mass is 10.1. The van der Waals surface area contributed by atoms with Crippen molar-refractivity contribution in [3.05, 3.63) is 30.1 Å². The van der Waals surface area contributed by atoms with Crippen molar-refractivity contribution in [1.82, 2.24) is 10.3 Å². The molecule has 0 spiro atoms. The second-order valence-electron chi connectivity index (χ2n) is 4.21. The predicted octanol–water partition coefficient (Wildman–Crippen LogP) is 2.65. The zero-order valence-corrected chi connectivity index (χ0v) is 9.87. The average molecular weight is 206 g/mol. The Morgan fingerprint density at radius 1 is 1.47 bits per heavy atom. The van der Waals surface area contributed by atoms with E-state index in [0.717, 1.165) is 25.4 Å². The molecule has 15 heavy (non-hydrogen) atoms. The maximum atomic E-state index is 4.10. The number of hydrogen-bond donors (Lipinski definition) is 1. The van der Waals surface area contributed by atoms with Crippen LogP contribution in [0.2, 0.25) is 0 Å². The molecule has 0 aliphatic carbocycles. The fraction of sp³-hybridized carbons (Fsp3) is 0.615. The molecule has 0 saturated carbocycles. The van der Waals surface area contributed by atoms with Crippen molar-refractivity contribution in [3.63, 3.8) is 0 Å². The van der Waals surface area contributed by atoms with E-state index in [2.05, 4.69) is 30.2 Å². The van der Waals surface area contributed by atoms with Gasteiger partial charge in [0.25, 0.3) is 0 Å². The molecule has 1 N–H and O–H groups in total. The molecular weight excluding hydrogens is 184 g/mol. The van der Waals surface area contributed by atoms with Crippen LogP contribution < -0.4 is 5.32 Å². The van der Waals surface area contributed by atoms with E-state index in [9.17, 15) is 0 Å². The molecule has 84 valence electrons. The van der Waals surface area contributed by atoms with Crippen molar-refractivity contribution in [2.45, 2.75) is 33.1 Å². The average Bonchev–Trinajstić information content (AvgIpc) is 2.26. The molecule has 1 aromatic rings. The number of pyridine rings is 1. The SMILES string of the molecule is CCCC(C)CNCCc1cccnc1. The molecule has 1 aromatic heterocycles. The third-order valence-corrected chi connectivity index (χ3v) is 2.59. The van der Waals surface area contributed by atoms with Crippen molar-refractivity contribution in [1.29, 1.82) is 0 Å². The van der Waals surface area contributed by atoms with Gasteiger partial charge in [0.2, 0.25) is 0 Å². The highest BCUT2D eigenvalue weighted by atomic mass is 14.8. The Balaban J connectivity index is 2.07. The smallest absolute Gasteiger partial charge is 0.0300 e. The first-order valence-electron chi connectivity index (χ1n) is 5.92. The summed E-state index contributed by atoms with van der Waals surface area (Å²) in [5.74, 6) is 0.795. The second kappa shape index (κ2) is 7.41. The lowest BCUT2D eigenvalue weighted by Crippen LogP contribution is -2.23. The first-order chi connectivity index (χ1) is 7.33. The van der Waals surface area contributed by atoms with Gasteiger partial charge >= 0.3 is 0 Å². The second-order valence-corrected chi connectivity index (χ2v) is 4.21. The topological polar surface area (TPSA) is 24.9 Å². The summed E-state index contributed by atoms with van der Waals surface area (Å²) in [5, 5.41) is 3.49. The summed E-state index contributed by atoms with van der Waals surface area (Å²) >= 11 is 0. The van der Waals surface area contributed by atoms with Crippen molar-refractivity contribution in [2.24, 2.45) is 5.92 Å². The molecule has 0 aliphatic heterocycles. The summed E-state index contributed by atoms with van der Waals surface area (Å²) in [5.41, 5.74) is 1.31. The Morgan fingerprint density at radius 2 is 2.33 bits per heavy atom. The maximum Gasteiger partial charge on any atom is 0.0300 e. The third-order valence-electron chi connectivity index (χ3n) is 2.59. The van der Waals surface area contributed by atoms with Crippen LogP contribution in [-0.4, -0.2) is 18.1 Å². The normalized spacial score (nSPS) is 12.7. The zero-order chi connectivity index (χ0) is 10.9. The fourth-order valence-electron chi connectivity index (χ4n) is 1.72. The molecule has 1 atom stereocenters. The van der Waals surface area contributed by atoms with E-state index in [4.69, 9.17) is 0 Å². The molecule has 1 heterocycles. The maximum absolute atomic E-state index is 4.10. The van der Waals surface area contributed by atoms with Crippen molar-refractivity contribution in [2.75, 3.05) is 13.1 Å². The number of nitrogens with one attached hydrogen (secondary N) is 1. The minimum absolute atomic E-state index is 0.795. The van der Waals surface area contributed by atoms with Gasteiger partial charge in [-0.25, -0.2) is 0 Å². The Hall–Kier alpha value is -0.890. The van der Waals surface area contributed by atoms with Gasteiger partial charge < -0.3 is 5.32 Å². The Kier molecular flexibility index (Phi) is 6.02. The summed E-state index contributed by atoms with van der Waals surface area (Å²) in [6.45, 7) is 6.74. The van der Waals surface area contributed by atoms with Crippen LogP contribution in [0.3, 0.4) is 0 Å². The van der Waals surface area contributed by atoms with Crippen molar-refractivity contribution in [3.8, 4) is 0 Å². The molecule has 1 rings (SSSR count). The Bertz CT molecular complexity index is 246. The largest absolute Gasteiger partial charge is 0.316 e. The number of aromatic nitrogens is 1. The predicted molar refractivity (Wildman–Crippen MR) is 64.9 cm³/mol. The summed E-state index contributed by atoms with van der Waals surface area (Å²) in [4.78, 5) is 4.10. The molecule has 0 aliphatic rings. The van der Waals surface area contributed by atoms with E-state index in [1.165, 1.54) is 18.4 Å². The van der Waals surface area contributed by atoms with Gasteiger partial charge in [0.05, 0.1) is 0 Å². The first-order valence-corrected chi connectivity index (χ1v) is 5.92. The number of nitrogens with zero attached hydrogens (tertiary/aromatic N) is 1. The molecule has 0 radical (unpaired) electrons. The van der Waals surface area contributed by atoms with Crippen LogP contribution in [0.5, 0.6) is 0 Å². The standard InChI is InChI=1S/C13H22N2/c1-3-5-12(2)10-15-9-7-13-6-4-8-14-11-13/h4,6,8,11-12,15H,3,5,7,9-10H2,1-2H3. The van der Waals surface area contributed by atoms with Gasteiger partial charge in [0.1, 0.15) is 0 Å². The van der Waals surface area contributed by atoms with E-state index < -0.39 is 0 Å². The van der Waals surface area contributed by atoms with Gasteiger partial charge in [-0.05, 0) is 43.5 Å². The molecule has 2 heteroatoms. The molecule has 1 unspecified atom stereocenters. The van der Waals surface area contributed by atoms with Gasteiger partial charge in [-0.15, -0.1) is 0 Å². The number of hydrogen-bond acceptors (Lipinski definition) is 2. The van der Waals surface area contributed by atoms with E-state index in [0.29, 0.717) is 0 Å². The molecule has 2 nitrogen and oxygen atoms in total. The fourth-order valence-corrected chi connectivity index (χ4v) is 1.72. The summed E-state index contributed by atoms with van der Waals surface area (Å²) in [6.07, 6.45) is 7.44. The third kappa shape index (κ3) is 5.53. The van der Waals surface area contributed by atoms with Gasteiger partial charge in [-0.3, -0.25) is 4.98 Å². The quantitative estimate of drug-likeness (QED) is 0.694. The minimum atomic E-state index is 0.795. The monoisotopic (exact) mass is 206 g/mol. The van der Waals surface area contributed by atoms with Crippen LogP contribution in [0.25, 0.3) is 0 Å². The minimum Gasteiger partial charge on any atom is -0.316 e. The van der Waals surface area contributed by atoms with E-state index in [-0.39, 0.29) is 0 Å². The molecule has 0 amide bonds.